The second-order valence-electron chi connectivity index (χ2n) is 3.83. The molecule has 19 heavy (non-hydrogen) atoms. The van der Waals surface area contributed by atoms with Crippen LogP contribution in [0, 0.1) is 0 Å². The highest BCUT2D eigenvalue weighted by Crippen LogP contribution is 2.25. The minimum Gasteiger partial charge on any atom is -0.305 e. The SMILES string of the molecule is O=C(Nc1cnc(Br)cn1)c1cc2ccccc2s1. The van der Waals surface area contributed by atoms with E-state index in [-0.39, 0.29) is 5.91 Å². The fourth-order valence-corrected chi connectivity index (χ4v) is 2.81. The maximum absolute atomic E-state index is 12.1. The molecular weight excluding hydrogens is 326 g/mol. The summed E-state index contributed by atoms with van der Waals surface area (Å²) >= 11 is 4.65. The fourth-order valence-electron chi connectivity index (χ4n) is 1.65. The van der Waals surface area contributed by atoms with Gasteiger partial charge in [-0.25, -0.2) is 9.97 Å². The molecule has 0 aliphatic carbocycles. The number of nitrogens with one attached hydrogen (secondary N) is 1. The molecule has 0 fully saturated rings. The lowest BCUT2D eigenvalue weighted by Crippen LogP contribution is -2.11. The average Bonchev–Trinajstić information content (AvgIpc) is 2.85. The van der Waals surface area contributed by atoms with Gasteiger partial charge < -0.3 is 5.32 Å². The Balaban J connectivity index is 1.85. The van der Waals surface area contributed by atoms with Crippen LogP contribution in [-0.4, -0.2) is 15.9 Å². The van der Waals surface area contributed by atoms with Crippen LogP contribution in [0.25, 0.3) is 10.1 Å². The smallest absolute Gasteiger partial charge is 0.266 e. The van der Waals surface area contributed by atoms with Crippen molar-refractivity contribution in [3.8, 4) is 0 Å². The van der Waals surface area contributed by atoms with E-state index in [1.165, 1.54) is 17.5 Å². The van der Waals surface area contributed by atoms with Crippen molar-refractivity contribution < 1.29 is 4.79 Å². The Hall–Kier alpha value is -1.79. The number of amides is 1. The number of nitrogens with zero attached hydrogens (tertiary/aromatic N) is 2. The molecule has 1 N–H and O–H groups in total. The lowest BCUT2D eigenvalue weighted by molar-refractivity contribution is 0.103. The molecule has 0 aliphatic heterocycles. The van der Waals surface area contributed by atoms with Gasteiger partial charge in [0.15, 0.2) is 5.82 Å². The van der Waals surface area contributed by atoms with Gasteiger partial charge in [0.25, 0.3) is 5.91 Å². The van der Waals surface area contributed by atoms with E-state index in [4.69, 9.17) is 0 Å². The number of fused-ring (bicyclic) bond motifs is 1. The largest absolute Gasteiger partial charge is 0.305 e. The zero-order valence-electron chi connectivity index (χ0n) is 9.63. The molecule has 3 rings (SSSR count). The van der Waals surface area contributed by atoms with Crippen LogP contribution in [0.1, 0.15) is 9.67 Å². The molecule has 2 aromatic heterocycles. The van der Waals surface area contributed by atoms with Crippen LogP contribution in [-0.2, 0) is 0 Å². The second kappa shape index (κ2) is 5.07. The van der Waals surface area contributed by atoms with Gasteiger partial charge in [-0.1, -0.05) is 18.2 Å². The maximum atomic E-state index is 12.1. The molecule has 1 aromatic carbocycles. The first-order valence-corrected chi connectivity index (χ1v) is 7.11. The van der Waals surface area contributed by atoms with Crippen LogP contribution in [0.5, 0.6) is 0 Å². The zero-order valence-corrected chi connectivity index (χ0v) is 12.0. The Morgan fingerprint density at radius 3 is 2.79 bits per heavy atom. The lowest BCUT2D eigenvalue weighted by atomic mass is 10.2. The summed E-state index contributed by atoms with van der Waals surface area (Å²) < 4.78 is 1.72. The summed E-state index contributed by atoms with van der Waals surface area (Å²) in [5, 5.41) is 3.79. The Kier molecular flexibility index (Phi) is 3.27. The number of carbonyl (C=O) groups is 1. The third-order valence-corrected chi connectivity index (χ3v) is 4.04. The summed E-state index contributed by atoms with van der Waals surface area (Å²) in [7, 11) is 0. The van der Waals surface area contributed by atoms with Crippen molar-refractivity contribution in [3.63, 3.8) is 0 Å². The number of rotatable bonds is 2. The topological polar surface area (TPSA) is 54.9 Å². The monoisotopic (exact) mass is 333 g/mol. The minimum atomic E-state index is -0.169. The molecule has 0 bridgehead atoms. The second-order valence-corrected chi connectivity index (χ2v) is 5.72. The van der Waals surface area contributed by atoms with Crippen molar-refractivity contribution in [2.75, 3.05) is 5.32 Å². The van der Waals surface area contributed by atoms with Gasteiger partial charge in [0.2, 0.25) is 0 Å². The number of hydrogen-bond acceptors (Lipinski definition) is 4. The van der Waals surface area contributed by atoms with Gasteiger partial charge >= 0.3 is 0 Å². The summed E-state index contributed by atoms with van der Waals surface area (Å²) in [6, 6.07) is 9.78. The third kappa shape index (κ3) is 2.64. The number of carbonyl (C=O) groups excluding carboxylic acids is 1. The summed E-state index contributed by atoms with van der Waals surface area (Å²) in [4.78, 5) is 20.8. The van der Waals surface area contributed by atoms with Gasteiger partial charge in [0.1, 0.15) is 4.60 Å². The van der Waals surface area contributed by atoms with E-state index in [1.54, 1.807) is 6.20 Å². The molecule has 0 unspecified atom stereocenters. The van der Waals surface area contributed by atoms with Crippen molar-refractivity contribution in [1.29, 1.82) is 0 Å². The van der Waals surface area contributed by atoms with E-state index in [0.717, 1.165) is 10.1 Å². The number of hydrogen-bond donors (Lipinski definition) is 1. The molecule has 3 aromatic rings. The normalized spacial score (nSPS) is 10.6. The molecule has 6 heteroatoms. The highest BCUT2D eigenvalue weighted by molar-refractivity contribution is 9.10. The van der Waals surface area contributed by atoms with Crippen molar-refractivity contribution in [1.82, 2.24) is 9.97 Å². The van der Waals surface area contributed by atoms with E-state index in [9.17, 15) is 4.79 Å². The molecule has 0 saturated heterocycles. The van der Waals surface area contributed by atoms with Crippen molar-refractivity contribution >= 4 is 49.1 Å². The number of halogens is 1. The van der Waals surface area contributed by atoms with Gasteiger partial charge in [-0.15, -0.1) is 11.3 Å². The molecule has 0 aliphatic rings. The van der Waals surface area contributed by atoms with Crippen molar-refractivity contribution in [2.24, 2.45) is 0 Å². The Bertz CT molecular complexity index is 706. The molecule has 0 saturated carbocycles. The first-order valence-electron chi connectivity index (χ1n) is 5.50. The standard InChI is InChI=1S/C13H8BrN3OS/c14-11-6-16-12(7-15-11)17-13(18)10-5-8-3-1-2-4-9(8)19-10/h1-7H,(H,16,17,18). The van der Waals surface area contributed by atoms with Gasteiger partial charge in [0.05, 0.1) is 17.3 Å². The van der Waals surface area contributed by atoms with E-state index in [0.29, 0.717) is 15.3 Å². The van der Waals surface area contributed by atoms with E-state index in [1.807, 2.05) is 30.3 Å². The predicted molar refractivity (Wildman–Crippen MR) is 79.5 cm³/mol. The third-order valence-electron chi connectivity index (χ3n) is 2.51. The summed E-state index contributed by atoms with van der Waals surface area (Å²) in [5.41, 5.74) is 0. The van der Waals surface area contributed by atoms with Crippen LogP contribution in [0.15, 0.2) is 47.3 Å². The molecular formula is C13H8BrN3OS. The lowest BCUT2D eigenvalue weighted by Gasteiger charge is -2.01. The molecule has 1 amide bonds. The quantitative estimate of drug-likeness (QED) is 0.777. The molecule has 0 spiro atoms. The molecule has 4 nitrogen and oxygen atoms in total. The number of anilines is 1. The summed E-state index contributed by atoms with van der Waals surface area (Å²) in [5.74, 6) is 0.267. The average molecular weight is 334 g/mol. The number of thiophene rings is 1. The van der Waals surface area contributed by atoms with E-state index >= 15 is 0 Å². The van der Waals surface area contributed by atoms with Gasteiger partial charge in [0, 0.05) is 4.70 Å². The zero-order chi connectivity index (χ0) is 13.2. The molecule has 2 heterocycles. The minimum absolute atomic E-state index is 0.169. The highest BCUT2D eigenvalue weighted by atomic mass is 79.9. The molecule has 0 atom stereocenters. The maximum Gasteiger partial charge on any atom is 0.266 e. The summed E-state index contributed by atoms with van der Waals surface area (Å²) in [6.07, 6.45) is 3.05. The van der Waals surface area contributed by atoms with Crippen molar-refractivity contribution in [2.45, 2.75) is 0 Å². The Labute approximate surface area is 121 Å². The van der Waals surface area contributed by atoms with Gasteiger partial charge in [-0.3, -0.25) is 4.79 Å². The number of aromatic nitrogens is 2. The first-order chi connectivity index (χ1) is 9.22. The van der Waals surface area contributed by atoms with Crippen LogP contribution in [0.4, 0.5) is 5.82 Å². The Morgan fingerprint density at radius 2 is 2.05 bits per heavy atom. The fraction of sp³-hybridized carbons (Fsp3) is 0. The highest BCUT2D eigenvalue weighted by Gasteiger charge is 2.10. The van der Waals surface area contributed by atoms with Crippen LogP contribution in [0.2, 0.25) is 0 Å². The van der Waals surface area contributed by atoms with Gasteiger partial charge in [-0.05, 0) is 33.4 Å². The van der Waals surface area contributed by atoms with Crippen LogP contribution >= 0.6 is 27.3 Å². The van der Waals surface area contributed by atoms with E-state index < -0.39 is 0 Å². The first kappa shape index (κ1) is 12.3. The molecule has 94 valence electrons. The van der Waals surface area contributed by atoms with Crippen molar-refractivity contribution in [3.05, 3.63) is 52.2 Å². The van der Waals surface area contributed by atoms with Gasteiger partial charge in [-0.2, -0.15) is 0 Å². The van der Waals surface area contributed by atoms with Crippen LogP contribution in [0.3, 0.4) is 0 Å². The molecule has 0 radical (unpaired) electrons. The van der Waals surface area contributed by atoms with Crippen LogP contribution < -0.4 is 5.32 Å². The summed E-state index contributed by atoms with van der Waals surface area (Å²) in [6.45, 7) is 0. The number of benzene rings is 1. The Morgan fingerprint density at radius 1 is 1.21 bits per heavy atom. The van der Waals surface area contributed by atoms with E-state index in [2.05, 4.69) is 31.2 Å². The predicted octanol–water partition coefficient (Wildman–Crippen LogP) is 3.71.